The van der Waals surface area contributed by atoms with Crippen molar-refractivity contribution in [3.8, 4) is 10.8 Å². The van der Waals surface area contributed by atoms with Crippen LogP contribution in [0, 0.1) is 5.92 Å². The topological polar surface area (TPSA) is 105 Å². The highest BCUT2D eigenvalue weighted by Gasteiger charge is 2.34. The number of carboxylic acids is 1. The van der Waals surface area contributed by atoms with Crippen molar-refractivity contribution in [3.63, 3.8) is 0 Å². The van der Waals surface area contributed by atoms with Crippen molar-refractivity contribution in [1.82, 2.24) is 20.3 Å². The van der Waals surface area contributed by atoms with E-state index in [1.54, 1.807) is 18.5 Å². The van der Waals surface area contributed by atoms with Crippen LogP contribution in [-0.4, -0.2) is 38.0 Å². The highest BCUT2D eigenvalue weighted by molar-refractivity contribution is 7.16. The first kappa shape index (κ1) is 14.6. The number of carbonyl (C=O) groups is 2. The molecule has 1 saturated carbocycles. The SMILES string of the molecule is O=C(N[C@H]1CCC[C@H]1C(=O)O)c1cnc(-c2ncccn2)s1. The zero-order valence-electron chi connectivity index (χ0n) is 11.6. The number of hydrogen-bond donors (Lipinski definition) is 2. The zero-order valence-corrected chi connectivity index (χ0v) is 12.4. The summed E-state index contributed by atoms with van der Waals surface area (Å²) in [7, 11) is 0. The van der Waals surface area contributed by atoms with Crippen LogP contribution in [0.1, 0.15) is 28.9 Å². The summed E-state index contributed by atoms with van der Waals surface area (Å²) in [5.74, 6) is -1.19. The summed E-state index contributed by atoms with van der Waals surface area (Å²) in [6, 6.07) is 1.39. The predicted molar refractivity (Wildman–Crippen MR) is 79.4 cm³/mol. The fraction of sp³-hybridized carbons (Fsp3) is 0.357. The summed E-state index contributed by atoms with van der Waals surface area (Å²) in [4.78, 5) is 36.1. The average Bonchev–Trinajstić information content (AvgIpc) is 3.17. The van der Waals surface area contributed by atoms with Gasteiger partial charge in [-0.2, -0.15) is 0 Å². The monoisotopic (exact) mass is 318 g/mol. The number of aliphatic carboxylic acids is 1. The number of aromatic nitrogens is 3. The number of hydrogen-bond acceptors (Lipinski definition) is 6. The summed E-state index contributed by atoms with van der Waals surface area (Å²) >= 11 is 1.19. The van der Waals surface area contributed by atoms with Crippen molar-refractivity contribution in [3.05, 3.63) is 29.5 Å². The van der Waals surface area contributed by atoms with Gasteiger partial charge in [0.25, 0.3) is 5.91 Å². The van der Waals surface area contributed by atoms with Crippen LogP contribution in [0.15, 0.2) is 24.7 Å². The van der Waals surface area contributed by atoms with Gasteiger partial charge in [0.2, 0.25) is 0 Å². The predicted octanol–water partition coefficient (Wildman–Crippen LogP) is 1.58. The van der Waals surface area contributed by atoms with Crippen LogP contribution in [0.3, 0.4) is 0 Å². The molecule has 3 rings (SSSR count). The van der Waals surface area contributed by atoms with E-state index >= 15 is 0 Å². The number of nitrogens with zero attached hydrogens (tertiary/aromatic N) is 3. The minimum Gasteiger partial charge on any atom is -0.481 e. The Bertz CT molecular complexity index is 688. The highest BCUT2D eigenvalue weighted by atomic mass is 32.1. The molecule has 1 aliphatic carbocycles. The minimum atomic E-state index is -0.856. The van der Waals surface area contributed by atoms with Gasteiger partial charge in [0, 0.05) is 18.4 Å². The molecule has 0 aromatic carbocycles. The van der Waals surface area contributed by atoms with Gasteiger partial charge in [0.15, 0.2) is 10.8 Å². The van der Waals surface area contributed by atoms with Crippen molar-refractivity contribution in [1.29, 1.82) is 0 Å². The minimum absolute atomic E-state index is 0.294. The van der Waals surface area contributed by atoms with E-state index in [0.717, 1.165) is 6.42 Å². The normalized spacial score (nSPS) is 20.7. The second-order valence-corrected chi connectivity index (χ2v) is 6.09. The largest absolute Gasteiger partial charge is 0.481 e. The summed E-state index contributed by atoms with van der Waals surface area (Å²) in [5.41, 5.74) is 0. The van der Waals surface area contributed by atoms with E-state index in [1.807, 2.05) is 0 Å². The molecular formula is C14H14N4O3S. The third kappa shape index (κ3) is 2.96. The average molecular weight is 318 g/mol. The maximum Gasteiger partial charge on any atom is 0.308 e. The number of carbonyl (C=O) groups excluding carboxylic acids is 1. The summed E-state index contributed by atoms with van der Waals surface area (Å²) in [6.45, 7) is 0. The first-order valence-corrected chi connectivity index (χ1v) is 7.73. The third-order valence-electron chi connectivity index (χ3n) is 3.64. The van der Waals surface area contributed by atoms with Crippen molar-refractivity contribution in [2.75, 3.05) is 0 Å². The lowest BCUT2D eigenvalue weighted by atomic mass is 10.0. The Morgan fingerprint density at radius 3 is 2.73 bits per heavy atom. The van der Waals surface area contributed by atoms with Gasteiger partial charge in [-0.25, -0.2) is 15.0 Å². The zero-order chi connectivity index (χ0) is 15.5. The Hall–Kier alpha value is -2.35. The molecule has 0 unspecified atom stereocenters. The second kappa shape index (κ2) is 6.18. The number of rotatable bonds is 4. The van der Waals surface area contributed by atoms with Crippen LogP contribution in [0.4, 0.5) is 0 Å². The molecule has 2 aromatic rings. The third-order valence-corrected chi connectivity index (χ3v) is 4.63. The molecule has 0 bridgehead atoms. The van der Waals surface area contributed by atoms with Gasteiger partial charge < -0.3 is 10.4 Å². The molecule has 0 spiro atoms. The summed E-state index contributed by atoms with van der Waals surface area (Å²) in [5, 5.41) is 12.5. The van der Waals surface area contributed by atoms with Gasteiger partial charge in [-0.1, -0.05) is 6.42 Å². The van der Waals surface area contributed by atoms with E-state index < -0.39 is 11.9 Å². The van der Waals surface area contributed by atoms with Crippen LogP contribution < -0.4 is 5.32 Å². The Morgan fingerprint density at radius 1 is 1.23 bits per heavy atom. The maximum absolute atomic E-state index is 12.2. The lowest BCUT2D eigenvalue weighted by Crippen LogP contribution is -2.39. The molecule has 7 nitrogen and oxygen atoms in total. The van der Waals surface area contributed by atoms with Crippen molar-refractivity contribution in [2.24, 2.45) is 5.92 Å². The molecular weight excluding hydrogens is 304 g/mol. The maximum atomic E-state index is 12.2. The number of amides is 1. The van der Waals surface area contributed by atoms with E-state index in [2.05, 4.69) is 20.3 Å². The number of carboxylic acid groups (broad SMARTS) is 1. The van der Waals surface area contributed by atoms with Gasteiger partial charge in [0.1, 0.15) is 4.88 Å². The first-order valence-electron chi connectivity index (χ1n) is 6.92. The van der Waals surface area contributed by atoms with Gasteiger partial charge in [0.05, 0.1) is 12.1 Å². The van der Waals surface area contributed by atoms with Gasteiger partial charge >= 0.3 is 5.97 Å². The van der Waals surface area contributed by atoms with Crippen molar-refractivity contribution in [2.45, 2.75) is 25.3 Å². The molecule has 0 radical (unpaired) electrons. The first-order chi connectivity index (χ1) is 10.6. The highest BCUT2D eigenvalue weighted by Crippen LogP contribution is 2.27. The van der Waals surface area contributed by atoms with Crippen molar-refractivity contribution < 1.29 is 14.7 Å². The van der Waals surface area contributed by atoms with E-state index in [9.17, 15) is 9.59 Å². The Balaban J connectivity index is 1.71. The van der Waals surface area contributed by atoms with Crippen molar-refractivity contribution >= 4 is 23.2 Å². The quantitative estimate of drug-likeness (QED) is 0.887. The molecule has 114 valence electrons. The van der Waals surface area contributed by atoms with E-state index in [4.69, 9.17) is 5.11 Å². The molecule has 2 atom stereocenters. The Labute approximate surface area is 130 Å². The van der Waals surface area contributed by atoms with E-state index in [0.29, 0.717) is 28.6 Å². The fourth-order valence-electron chi connectivity index (χ4n) is 2.56. The molecule has 1 aliphatic rings. The molecule has 22 heavy (non-hydrogen) atoms. The van der Waals surface area contributed by atoms with Gasteiger partial charge in [-0.05, 0) is 18.9 Å². The van der Waals surface area contributed by atoms with E-state index in [1.165, 1.54) is 17.5 Å². The lowest BCUT2D eigenvalue weighted by Gasteiger charge is -2.16. The molecule has 0 saturated heterocycles. The smallest absolute Gasteiger partial charge is 0.308 e. The lowest BCUT2D eigenvalue weighted by molar-refractivity contribution is -0.142. The van der Waals surface area contributed by atoms with Gasteiger partial charge in [-0.3, -0.25) is 9.59 Å². The van der Waals surface area contributed by atoms with Crippen LogP contribution in [0.5, 0.6) is 0 Å². The van der Waals surface area contributed by atoms with Crippen LogP contribution in [0.25, 0.3) is 10.8 Å². The molecule has 1 amide bonds. The molecule has 8 heteroatoms. The van der Waals surface area contributed by atoms with Crippen LogP contribution in [0.2, 0.25) is 0 Å². The number of nitrogens with one attached hydrogen (secondary N) is 1. The van der Waals surface area contributed by atoms with Gasteiger partial charge in [-0.15, -0.1) is 11.3 Å². The molecule has 2 N–H and O–H groups in total. The Morgan fingerprint density at radius 2 is 2.00 bits per heavy atom. The molecule has 1 fully saturated rings. The Kier molecular flexibility index (Phi) is 4.10. The van der Waals surface area contributed by atoms with Crippen LogP contribution in [-0.2, 0) is 4.79 Å². The van der Waals surface area contributed by atoms with Crippen LogP contribution >= 0.6 is 11.3 Å². The van der Waals surface area contributed by atoms with E-state index in [-0.39, 0.29) is 11.9 Å². The molecule has 2 aromatic heterocycles. The summed E-state index contributed by atoms with van der Waals surface area (Å²) in [6.07, 6.45) is 6.80. The molecule has 2 heterocycles. The molecule has 0 aliphatic heterocycles. The number of thiazole rings is 1. The summed E-state index contributed by atoms with van der Waals surface area (Å²) < 4.78 is 0. The fourth-order valence-corrected chi connectivity index (χ4v) is 3.33. The standard InChI is InChI=1S/C14H14N4O3S/c19-12(18-9-4-1-3-8(9)14(20)21)10-7-17-13(22-10)11-15-5-2-6-16-11/h2,5-9H,1,3-4H2,(H,18,19)(H,20,21)/t8-,9+/m1/s1. The second-order valence-electron chi connectivity index (χ2n) is 5.06.